The Labute approximate surface area is 88.2 Å². The van der Waals surface area contributed by atoms with E-state index in [2.05, 4.69) is 0 Å². The molecule has 0 aliphatic carbocycles. The lowest BCUT2D eigenvalue weighted by molar-refractivity contribution is -0.184. The van der Waals surface area contributed by atoms with Gasteiger partial charge in [0.2, 0.25) is 11.3 Å². The van der Waals surface area contributed by atoms with E-state index in [4.69, 9.17) is 32.5 Å². The average molecular weight is 237 g/mol. The molecule has 0 spiro atoms. The molecule has 2 atom stereocenters. The van der Waals surface area contributed by atoms with E-state index in [0.717, 1.165) is 0 Å². The quantitative estimate of drug-likeness (QED) is 0.229. The first-order valence-electron chi connectivity index (χ1n) is 3.74. The van der Waals surface area contributed by atoms with Crippen molar-refractivity contribution in [2.24, 2.45) is 17.2 Å². The van der Waals surface area contributed by atoms with Crippen LogP contribution in [0.1, 0.15) is 0 Å². The SMILES string of the molecule is NC(C(=O)O)C(O)(C(=O)O)C(N)(N)C(=O)O. The number of hydrogen-bond acceptors (Lipinski definition) is 7. The minimum atomic E-state index is -3.55. The summed E-state index contributed by atoms with van der Waals surface area (Å²) < 4.78 is 0. The Hall–Kier alpha value is -1.75. The topological polar surface area (TPSA) is 210 Å². The van der Waals surface area contributed by atoms with Crippen molar-refractivity contribution >= 4 is 17.9 Å². The smallest absolute Gasteiger partial charge is 0.342 e. The molecule has 0 radical (unpaired) electrons. The van der Waals surface area contributed by atoms with Crippen LogP contribution in [0.5, 0.6) is 0 Å². The van der Waals surface area contributed by atoms with Crippen LogP contribution in [-0.2, 0) is 14.4 Å². The molecule has 10 heteroatoms. The summed E-state index contributed by atoms with van der Waals surface area (Å²) in [4.78, 5) is 31.7. The molecule has 0 aromatic heterocycles. The molecule has 0 bridgehead atoms. The van der Waals surface area contributed by atoms with Crippen LogP contribution in [0, 0.1) is 0 Å². The maximum Gasteiger partial charge on any atom is 0.342 e. The van der Waals surface area contributed by atoms with Gasteiger partial charge in [0.25, 0.3) is 0 Å². The average Bonchev–Trinajstić information content (AvgIpc) is 2.14. The van der Waals surface area contributed by atoms with E-state index >= 15 is 0 Å². The predicted molar refractivity (Wildman–Crippen MR) is 46.9 cm³/mol. The standard InChI is InChI=1S/C6H11N3O7/c7-1(2(10)11)5(16,3(12)13)6(8,9)4(14)15/h1,16H,7-9H2,(H,10,11)(H,12,13)(H,14,15). The summed E-state index contributed by atoms with van der Waals surface area (Å²) in [6.45, 7) is 0. The van der Waals surface area contributed by atoms with Gasteiger partial charge in [0.15, 0.2) is 0 Å². The summed E-state index contributed by atoms with van der Waals surface area (Å²) in [5, 5.41) is 35.1. The first-order valence-corrected chi connectivity index (χ1v) is 3.74. The summed E-state index contributed by atoms with van der Waals surface area (Å²) in [6.07, 6.45) is 0. The van der Waals surface area contributed by atoms with Crippen LogP contribution in [0.25, 0.3) is 0 Å². The lowest BCUT2D eigenvalue weighted by Gasteiger charge is -2.37. The molecule has 0 saturated carbocycles. The molecular formula is C6H11N3O7. The maximum absolute atomic E-state index is 10.7. The number of carbonyl (C=O) groups is 3. The first kappa shape index (κ1) is 14.2. The number of carboxylic acid groups (broad SMARTS) is 3. The van der Waals surface area contributed by atoms with E-state index in [0.29, 0.717) is 0 Å². The van der Waals surface area contributed by atoms with Crippen molar-refractivity contribution in [2.45, 2.75) is 17.3 Å². The lowest BCUT2D eigenvalue weighted by atomic mass is 9.82. The van der Waals surface area contributed by atoms with Gasteiger partial charge in [0, 0.05) is 0 Å². The molecule has 92 valence electrons. The number of aliphatic hydroxyl groups is 1. The zero-order chi connectivity index (χ0) is 13.3. The van der Waals surface area contributed by atoms with Crippen LogP contribution in [-0.4, -0.2) is 55.6 Å². The van der Waals surface area contributed by atoms with Crippen molar-refractivity contribution < 1.29 is 34.8 Å². The molecule has 10 N–H and O–H groups in total. The summed E-state index contributed by atoms with van der Waals surface area (Å²) in [5.41, 5.74) is 7.83. The van der Waals surface area contributed by atoms with Crippen LogP contribution in [0.15, 0.2) is 0 Å². The number of nitrogens with two attached hydrogens (primary N) is 3. The molecule has 2 unspecified atom stereocenters. The fourth-order valence-electron chi connectivity index (χ4n) is 0.909. The fraction of sp³-hybridized carbons (Fsp3) is 0.500. The molecule has 0 aromatic rings. The monoisotopic (exact) mass is 237 g/mol. The molecule has 0 heterocycles. The third-order valence-corrected chi connectivity index (χ3v) is 2.03. The molecule has 0 aliphatic heterocycles. The highest BCUT2D eigenvalue weighted by molar-refractivity contribution is 5.96. The largest absolute Gasteiger partial charge is 0.480 e. The minimum Gasteiger partial charge on any atom is -0.480 e. The second kappa shape index (κ2) is 4.02. The molecule has 0 aliphatic rings. The van der Waals surface area contributed by atoms with Gasteiger partial charge in [-0.05, 0) is 0 Å². The highest BCUT2D eigenvalue weighted by Crippen LogP contribution is 2.20. The first-order chi connectivity index (χ1) is 6.99. The highest BCUT2D eigenvalue weighted by atomic mass is 16.4. The van der Waals surface area contributed by atoms with E-state index in [9.17, 15) is 19.5 Å². The van der Waals surface area contributed by atoms with Gasteiger partial charge in [0.05, 0.1) is 0 Å². The Bertz CT molecular complexity index is 341. The predicted octanol–water partition coefficient (Wildman–Crippen LogP) is -4.09. The van der Waals surface area contributed by atoms with Crippen molar-refractivity contribution in [3.05, 3.63) is 0 Å². The van der Waals surface area contributed by atoms with Crippen LogP contribution >= 0.6 is 0 Å². The number of aliphatic carboxylic acids is 3. The van der Waals surface area contributed by atoms with Crippen LogP contribution < -0.4 is 17.2 Å². The molecule has 0 rings (SSSR count). The van der Waals surface area contributed by atoms with E-state index in [-0.39, 0.29) is 0 Å². The van der Waals surface area contributed by atoms with E-state index in [1.54, 1.807) is 0 Å². The third kappa shape index (κ3) is 1.81. The minimum absolute atomic E-state index is 1.97. The molecule has 10 nitrogen and oxygen atoms in total. The Balaban J connectivity index is 5.71. The van der Waals surface area contributed by atoms with Gasteiger partial charge in [0.1, 0.15) is 6.04 Å². The normalized spacial score (nSPS) is 17.2. The van der Waals surface area contributed by atoms with Gasteiger partial charge in [-0.15, -0.1) is 0 Å². The van der Waals surface area contributed by atoms with Gasteiger partial charge in [-0.25, -0.2) is 9.59 Å². The Morgan fingerprint density at radius 1 is 1.00 bits per heavy atom. The van der Waals surface area contributed by atoms with E-state index < -0.39 is 35.2 Å². The number of carboxylic acids is 3. The van der Waals surface area contributed by atoms with E-state index in [1.165, 1.54) is 0 Å². The molecule has 0 aromatic carbocycles. The molecular weight excluding hydrogens is 226 g/mol. The second-order valence-corrected chi connectivity index (χ2v) is 3.06. The number of rotatable bonds is 5. The van der Waals surface area contributed by atoms with Gasteiger partial charge in [-0.1, -0.05) is 0 Å². The van der Waals surface area contributed by atoms with Crippen molar-refractivity contribution in [2.75, 3.05) is 0 Å². The van der Waals surface area contributed by atoms with Crippen molar-refractivity contribution in [1.82, 2.24) is 0 Å². The zero-order valence-corrected chi connectivity index (χ0v) is 7.82. The van der Waals surface area contributed by atoms with Crippen LogP contribution in [0.4, 0.5) is 0 Å². The van der Waals surface area contributed by atoms with E-state index in [1.807, 2.05) is 0 Å². The van der Waals surface area contributed by atoms with Crippen LogP contribution in [0.2, 0.25) is 0 Å². The summed E-state index contributed by atoms with van der Waals surface area (Å²) >= 11 is 0. The van der Waals surface area contributed by atoms with Crippen molar-refractivity contribution in [3.63, 3.8) is 0 Å². The molecule has 0 amide bonds. The van der Waals surface area contributed by atoms with Crippen molar-refractivity contribution in [3.8, 4) is 0 Å². The summed E-state index contributed by atoms with van der Waals surface area (Å²) in [6, 6.07) is -2.50. The third-order valence-electron chi connectivity index (χ3n) is 2.03. The highest BCUT2D eigenvalue weighted by Gasteiger charge is 2.63. The Morgan fingerprint density at radius 2 is 1.38 bits per heavy atom. The van der Waals surface area contributed by atoms with Gasteiger partial charge >= 0.3 is 17.9 Å². The second-order valence-electron chi connectivity index (χ2n) is 3.06. The summed E-state index contributed by atoms with van der Waals surface area (Å²) in [5.74, 6) is -6.34. The summed E-state index contributed by atoms with van der Waals surface area (Å²) in [7, 11) is 0. The molecule has 16 heavy (non-hydrogen) atoms. The Kier molecular flexibility index (Phi) is 3.58. The van der Waals surface area contributed by atoms with Gasteiger partial charge in [-0.3, -0.25) is 4.79 Å². The number of hydrogen-bond donors (Lipinski definition) is 7. The maximum atomic E-state index is 10.7. The molecule has 0 fully saturated rings. The molecule has 0 saturated heterocycles. The van der Waals surface area contributed by atoms with Crippen LogP contribution in [0.3, 0.4) is 0 Å². The van der Waals surface area contributed by atoms with Gasteiger partial charge in [-0.2, -0.15) is 0 Å². The van der Waals surface area contributed by atoms with Crippen molar-refractivity contribution in [1.29, 1.82) is 0 Å². The fourth-order valence-corrected chi connectivity index (χ4v) is 0.909. The lowest BCUT2D eigenvalue weighted by Crippen LogP contribution is -2.80. The zero-order valence-electron chi connectivity index (χ0n) is 7.82. The van der Waals surface area contributed by atoms with Gasteiger partial charge < -0.3 is 37.6 Å². The Morgan fingerprint density at radius 3 is 1.56 bits per heavy atom.